The molecule has 1 aromatic rings. The van der Waals surface area contributed by atoms with E-state index in [1.165, 1.54) is 0 Å². The molecule has 1 saturated heterocycles. The van der Waals surface area contributed by atoms with Crippen LogP contribution < -0.4 is 5.32 Å². The molecule has 1 fully saturated rings. The summed E-state index contributed by atoms with van der Waals surface area (Å²) in [4.78, 5) is 23.5. The zero-order chi connectivity index (χ0) is 13.1. The number of nitrogens with one attached hydrogen (secondary N) is 1. The fourth-order valence-electron chi connectivity index (χ4n) is 2.54. The summed E-state index contributed by atoms with van der Waals surface area (Å²) in [5, 5.41) is 2.44. The Kier molecular flexibility index (Phi) is 4.17. The maximum Gasteiger partial charge on any atom is 0.230 e. The second kappa shape index (κ2) is 5.65. The number of hydrogen-bond donors (Lipinski definition) is 1. The van der Waals surface area contributed by atoms with E-state index in [1.54, 1.807) is 0 Å². The first-order valence-corrected chi connectivity index (χ1v) is 7.00. The molecule has 1 aliphatic rings. The van der Waals surface area contributed by atoms with E-state index in [9.17, 15) is 9.59 Å². The quantitative estimate of drug-likeness (QED) is 0.872. The third-order valence-electron chi connectivity index (χ3n) is 3.37. The fraction of sp³-hybridized carbons (Fsp3) is 0.429. The Morgan fingerprint density at radius 3 is 2.83 bits per heavy atom. The summed E-state index contributed by atoms with van der Waals surface area (Å²) in [5.74, 6) is -0.388. The third kappa shape index (κ3) is 2.80. The number of carbonyl (C=O) groups excluding carboxylic acids is 2. The van der Waals surface area contributed by atoms with Crippen LogP contribution in [0.1, 0.15) is 37.7 Å². The van der Waals surface area contributed by atoms with Crippen molar-refractivity contribution >= 4 is 27.7 Å². The molecule has 0 radical (unpaired) electrons. The summed E-state index contributed by atoms with van der Waals surface area (Å²) in [7, 11) is 0. The van der Waals surface area contributed by atoms with E-state index in [4.69, 9.17) is 0 Å². The number of rotatable bonds is 3. The van der Waals surface area contributed by atoms with Gasteiger partial charge in [0, 0.05) is 22.7 Å². The molecule has 0 saturated carbocycles. The van der Waals surface area contributed by atoms with Crippen LogP contribution in [0.2, 0.25) is 0 Å². The maximum atomic E-state index is 11.9. The van der Waals surface area contributed by atoms with Crippen LogP contribution >= 0.6 is 15.9 Å². The van der Waals surface area contributed by atoms with Crippen molar-refractivity contribution in [1.29, 1.82) is 0 Å². The van der Waals surface area contributed by atoms with Gasteiger partial charge < -0.3 is 0 Å². The number of carbonyl (C=O) groups is 2. The van der Waals surface area contributed by atoms with Crippen LogP contribution in [0, 0.1) is 5.92 Å². The Bertz CT molecular complexity index is 473. The lowest BCUT2D eigenvalue weighted by Crippen LogP contribution is -2.44. The van der Waals surface area contributed by atoms with Gasteiger partial charge in [0.25, 0.3) is 0 Å². The lowest BCUT2D eigenvalue weighted by molar-refractivity contribution is -0.137. The van der Waals surface area contributed by atoms with Gasteiger partial charge in [-0.1, -0.05) is 41.4 Å². The highest BCUT2D eigenvalue weighted by Gasteiger charge is 2.35. The van der Waals surface area contributed by atoms with Crippen LogP contribution in [-0.2, 0) is 9.59 Å². The normalized spacial score (nSPS) is 23.9. The van der Waals surface area contributed by atoms with Crippen LogP contribution in [-0.4, -0.2) is 11.8 Å². The zero-order valence-electron chi connectivity index (χ0n) is 10.3. The minimum Gasteiger partial charge on any atom is -0.296 e. The summed E-state index contributed by atoms with van der Waals surface area (Å²) >= 11 is 3.43. The smallest absolute Gasteiger partial charge is 0.230 e. The van der Waals surface area contributed by atoms with Gasteiger partial charge in [-0.25, -0.2) is 0 Å². The second-order valence-electron chi connectivity index (χ2n) is 4.67. The maximum absolute atomic E-state index is 11.9. The SMILES string of the molecule is CCCC1C(=O)NC(=O)CC1c1cccc(Br)c1. The number of halogens is 1. The lowest BCUT2D eigenvalue weighted by atomic mass is 9.78. The van der Waals surface area contributed by atoms with Crippen molar-refractivity contribution < 1.29 is 9.59 Å². The average Bonchev–Trinajstić information content (AvgIpc) is 2.32. The van der Waals surface area contributed by atoms with Gasteiger partial charge in [-0.2, -0.15) is 0 Å². The van der Waals surface area contributed by atoms with Crippen LogP contribution in [0.3, 0.4) is 0 Å². The second-order valence-corrected chi connectivity index (χ2v) is 5.59. The highest BCUT2D eigenvalue weighted by molar-refractivity contribution is 9.10. The molecule has 0 bridgehead atoms. The van der Waals surface area contributed by atoms with E-state index in [1.807, 2.05) is 24.3 Å². The van der Waals surface area contributed by atoms with Crippen molar-refractivity contribution in [2.24, 2.45) is 5.92 Å². The molecule has 0 spiro atoms. The van der Waals surface area contributed by atoms with Gasteiger partial charge in [0.1, 0.15) is 0 Å². The Hall–Kier alpha value is -1.16. The predicted octanol–water partition coefficient (Wildman–Crippen LogP) is 3.00. The van der Waals surface area contributed by atoms with Crippen LogP contribution in [0.5, 0.6) is 0 Å². The van der Waals surface area contributed by atoms with E-state index in [2.05, 4.69) is 28.2 Å². The molecule has 2 atom stereocenters. The number of hydrogen-bond acceptors (Lipinski definition) is 2. The first-order valence-electron chi connectivity index (χ1n) is 6.21. The Labute approximate surface area is 115 Å². The Morgan fingerprint density at radius 1 is 1.39 bits per heavy atom. The molecule has 96 valence electrons. The van der Waals surface area contributed by atoms with E-state index in [0.717, 1.165) is 22.9 Å². The van der Waals surface area contributed by atoms with Crippen molar-refractivity contribution in [1.82, 2.24) is 5.32 Å². The van der Waals surface area contributed by atoms with E-state index < -0.39 is 0 Å². The molecule has 1 heterocycles. The van der Waals surface area contributed by atoms with Crippen molar-refractivity contribution in [2.75, 3.05) is 0 Å². The molecule has 2 amide bonds. The summed E-state index contributed by atoms with van der Waals surface area (Å²) in [5.41, 5.74) is 1.06. The fourth-order valence-corrected chi connectivity index (χ4v) is 2.95. The predicted molar refractivity (Wildman–Crippen MR) is 73.0 cm³/mol. The molecular formula is C14H16BrNO2. The summed E-state index contributed by atoms with van der Waals surface area (Å²) < 4.78 is 0.980. The standard InChI is InChI=1S/C14H16BrNO2/c1-2-4-11-12(8-13(17)16-14(11)18)9-5-3-6-10(15)7-9/h3,5-7,11-12H,2,4,8H2,1H3,(H,16,17,18). The van der Waals surface area contributed by atoms with Gasteiger partial charge in [0.15, 0.2) is 0 Å². The minimum atomic E-state index is -0.169. The molecule has 0 aliphatic carbocycles. The third-order valence-corrected chi connectivity index (χ3v) is 3.86. The van der Waals surface area contributed by atoms with E-state index in [0.29, 0.717) is 6.42 Å². The average molecular weight is 310 g/mol. The van der Waals surface area contributed by atoms with Gasteiger partial charge in [0.05, 0.1) is 0 Å². The summed E-state index contributed by atoms with van der Waals surface area (Å²) in [6, 6.07) is 7.88. The van der Waals surface area contributed by atoms with Gasteiger partial charge in [-0.15, -0.1) is 0 Å². The van der Waals surface area contributed by atoms with E-state index >= 15 is 0 Å². The molecule has 1 N–H and O–H groups in total. The topological polar surface area (TPSA) is 46.2 Å². The largest absolute Gasteiger partial charge is 0.296 e. The Balaban J connectivity index is 2.31. The number of piperidine rings is 1. The van der Waals surface area contributed by atoms with Gasteiger partial charge in [0.2, 0.25) is 11.8 Å². The van der Waals surface area contributed by atoms with Crippen molar-refractivity contribution in [3.8, 4) is 0 Å². The van der Waals surface area contributed by atoms with Gasteiger partial charge in [-0.3, -0.25) is 14.9 Å². The van der Waals surface area contributed by atoms with Crippen molar-refractivity contribution in [2.45, 2.75) is 32.1 Å². The number of benzene rings is 1. The molecule has 0 aromatic heterocycles. The molecule has 2 rings (SSSR count). The molecule has 18 heavy (non-hydrogen) atoms. The zero-order valence-corrected chi connectivity index (χ0v) is 11.9. The van der Waals surface area contributed by atoms with Crippen LogP contribution in [0.4, 0.5) is 0 Å². The van der Waals surface area contributed by atoms with Crippen LogP contribution in [0.25, 0.3) is 0 Å². The highest BCUT2D eigenvalue weighted by atomic mass is 79.9. The highest BCUT2D eigenvalue weighted by Crippen LogP contribution is 2.35. The number of imide groups is 1. The van der Waals surface area contributed by atoms with Crippen molar-refractivity contribution in [3.63, 3.8) is 0 Å². The van der Waals surface area contributed by atoms with E-state index in [-0.39, 0.29) is 23.7 Å². The molecule has 4 heteroatoms. The molecule has 1 aliphatic heterocycles. The lowest BCUT2D eigenvalue weighted by Gasteiger charge is -2.30. The number of amides is 2. The molecule has 2 unspecified atom stereocenters. The summed E-state index contributed by atoms with van der Waals surface area (Å²) in [6.45, 7) is 2.06. The molecule has 3 nitrogen and oxygen atoms in total. The monoisotopic (exact) mass is 309 g/mol. The first-order chi connectivity index (χ1) is 8.61. The summed E-state index contributed by atoms with van der Waals surface area (Å²) in [6.07, 6.45) is 2.15. The first kappa shape index (κ1) is 13.3. The molecular weight excluding hydrogens is 294 g/mol. The minimum absolute atomic E-state index is 0.00343. The molecule has 1 aromatic carbocycles. The van der Waals surface area contributed by atoms with Gasteiger partial charge >= 0.3 is 0 Å². The van der Waals surface area contributed by atoms with Crippen LogP contribution in [0.15, 0.2) is 28.7 Å². The van der Waals surface area contributed by atoms with Gasteiger partial charge in [-0.05, 0) is 24.1 Å². The Morgan fingerprint density at radius 2 is 2.17 bits per heavy atom. The van der Waals surface area contributed by atoms with Crippen molar-refractivity contribution in [3.05, 3.63) is 34.3 Å².